The fourth-order valence-electron chi connectivity index (χ4n) is 8.94. The Morgan fingerprint density at radius 1 is 0.528 bits per heavy atom. The van der Waals surface area contributed by atoms with E-state index >= 15 is 0 Å². The molecule has 5 heterocycles. The van der Waals surface area contributed by atoms with Crippen LogP contribution < -0.4 is 4.57 Å². The number of hydrogen-bond donors (Lipinski definition) is 0. The van der Waals surface area contributed by atoms with Gasteiger partial charge in [0.2, 0.25) is 11.2 Å². The first kappa shape index (κ1) is 32.6. The standard InChI is InChI=1S/C65H48N6.Ir/c1-44-64-65-63(68-38-39-70(65)56-33-30-51(31-34-56)50-12-4-3-5-13-50)59-35-32-54(43-62(59)71(64)45(2)69-44)57-14-6-7-15-58(57)55-41-48(20-18-46-22-26-52(27-23-46)60-16-8-10-36-66-60)40-49(42-55)21-19-47-24-28-53(29-25-47)61-17-9-11-37-67-61;/h3-17,22-26,28,30-34,36-43H,18-21H2,1-2H3;/q-2;+3/i1D3,2D3,18D2,19D2,20D2,21D2;. The van der Waals surface area contributed by atoms with Crippen molar-refractivity contribution >= 4 is 27.5 Å². The number of aromatic nitrogens is 6. The fourth-order valence-corrected chi connectivity index (χ4v) is 8.94. The molecule has 0 fully saturated rings. The number of pyridine rings is 3. The SMILES string of the molecule is [2H]C([2H])([2H])c1nc(C([2H])([2H])[2H])n2c3cc(-c4ccccc4-c4cc(C([2H])([2H])C([2H])([2H])c5c[c-]c(-c6ccccn6)cc5)cc(C([2H])([2H])C([2H])([2H])c5c[c-]c(-c6ccccn6)cc5)c4)c[c-]c3c3ncc[n+](-c4ccc(-c5ccccc5)cc4)c3c12.[Ir+3]. The van der Waals surface area contributed by atoms with Crippen molar-refractivity contribution in [3.05, 3.63) is 259 Å². The Hall–Kier alpha value is -8.22. The minimum absolute atomic E-state index is 0. The Balaban J connectivity index is 0.00000768. The molecule has 6 nitrogen and oxygen atoms in total. The van der Waals surface area contributed by atoms with Crippen molar-refractivity contribution in [1.82, 2.24) is 24.3 Å². The maximum absolute atomic E-state index is 9.72. The topological polar surface area (TPSA) is 59.9 Å². The van der Waals surface area contributed by atoms with Gasteiger partial charge in [0.05, 0.1) is 17.4 Å². The van der Waals surface area contributed by atoms with Crippen LogP contribution in [0.15, 0.2) is 207 Å². The summed E-state index contributed by atoms with van der Waals surface area (Å²) < 4.78 is 133. The zero-order valence-electron chi connectivity index (χ0n) is 52.1. The average Bonchev–Trinajstić information content (AvgIpc) is 1.43. The van der Waals surface area contributed by atoms with Gasteiger partial charge in [0, 0.05) is 43.7 Å². The normalized spacial score (nSPS) is 15.3. The predicted octanol–water partition coefficient (Wildman–Crippen LogP) is 14.0. The number of hydrogen-bond acceptors (Lipinski definition) is 4. The Bertz CT molecular complexity index is 4360. The number of benzene rings is 7. The monoisotopic (exact) mass is 1120 g/mol. The zero-order valence-corrected chi connectivity index (χ0v) is 40.5. The van der Waals surface area contributed by atoms with Crippen molar-refractivity contribution in [2.24, 2.45) is 0 Å². The zero-order chi connectivity index (χ0) is 59.8. The van der Waals surface area contributed by atoms with E-state index in [-0.39, 0.29) is 70.0 Å². The molecule has 0 spiro atoms. The molecule has 0 unspecified atom stereocenters. The molecule has 0 aliphatic carbocycles. The van der Waals surface area contributed by atoms with Gasteiger partial charge in [-0.2, -0.15) is 4.57 Å². The van der Waals surface area contributed by atoms with Gasteiger partial charge in [-0.05, 0) is 101 Å². The van der Waals surface area contributed by atoms with Gasteiger partial charge in [0.25, 0.3) is 0 Å². The van der Waals surface area contributed by atoms with Crippen LogP contribution in [-0.4, -0.2) is 24.3 Å². The van der Waals surface area contributed by atoms with Gasteiger partial charge in [-0.3, -0.25) is 4.98 Å². The largest absolute Gasteiger partial charge is 3.00 e. The van der Waals surface area contributed by atoms with E-state index in [0.717, 1.165) is 11.1 Å². The van der Waals surface area contributed by atoms with E-state index in [1.165, 1.54) is 46.9 Å². The molecule has 72 heavy (non-hydrogen) atoms. The van der Waals surface area contributed by atoms with Gasteiger partial charge < -0.3 is 14.4 Å². The minimum Gasteiger partial charge on any atom is -0.334 e. The molecular weight excluding hydrogens is 1060 g/mol. The summed E-state index contributed by atoms with van der Waals surface area (Å²) in [6.07, 6.45) is -5.02. The molecule has 0 saturated carbocycles. The number of nitrogens with zero attached hydrogens (tertiary/aromatic N) is 6. The van der Waals surface area contributed by atoms with Crippen LogP contribution in [-0.2, 0) is 45.6 Å². The van der Waals surface area contributed by atoms with E-state index in [0.29, 0.717) is 50.3 Å². The molecule has 0 atom stereocenters. The van der Waals surface area contributed by atoms with Crippen LogP contribution in [0.1, 0.15) is 53.0 Å². The maximum Gasteiger partial charge on any atom is 3.00 e. The predicted molar refractivity (Wildman–Crippen MR) is 286 cm³/mol. The van der Waals surface area contributed by atoms with Gasteiger partial charge in [-0.25, -0.2) is 4.98 Å². The van der Waals surface area contributed by atoms with Crippen LogP contribution >= 0.6 is 0 Å². The smallest absolute Gasteiger partial charge is 0.334 e. The van der Waals surface area contributed by atoms with Crippen molar-refractivity contribution in [2.75, 3.05) is 0 Å². The van der Waals surface area contributed by atoms with Gasteiger partial charge in [0.15, 0.2) is 6.20 Å². The summed E-state index contributed by atoms with van der Waals surface area (Å²) in [7, 11) is 0. The summed E-state index contributed by atoms with van der Waals surface area (Å²) in [5.41, 5.74) is 5.66. The second-order valence-corrected chi connectivity index (χ2v) is 16.8. The van der Waals surface area contributed by atoms with Gasteiger partial charge in [-0.1, -0.05) is 126 Å². The minimum atomic E-state index is -2.95. The van der Waals surface area contributed by atoms with E-state index in [9.17, 15) is 11.0 Å². The van der Waals surface area contributed by atoms with Crippen molar-refractivity contribution in [1.29, 1.82) is 0 Å². The molecular formula is C65H48IrN6+. The van der Waals surface area contributed by atoms with Crippen LogP contribution in [0.4, 0.5) is 0 Å². The number of aryl methyl sites for hydroxylation is 6. The van der Waals surface area contributed by atoms with Crippen molar-refractivity contribution in [3.8, 4) is 61.6 Å². The molecule has 0 aliphatic heterocycles. The van der Waals surface area contributed by atoms with E-state index in [4.69, 9.17) is 13.2 Å². The van der Waals surface area contributed by atoms with Crippen LogP contribution in [0.2, 0.25) is 0 Å². The van der Waals surface area contributed by atoms with E-state index < -0.39 is 50.7 Å². The second-order valence-electron chi connectivity index (χ2n) is 16.8. The third kappa shape index (κ3) is 9.17. The molecule has 0 N–H and O–H groups in total. The first-order valence-electron chi connectivity index (χ1n) is 29.9. The first-order chi connectivity index (χ1) is 40.4. The summed E-state index contributed by atoms with van der Waals surface area (Å²) in [4.78, 5) is 17.9. The van der Waals surface area contributed by atoms with E-state index in [1.807, 2.05) is 54.6 Å². The summed E-state index contributed by atoms with van der Waals surface area (Å²) in [6.45, 7) is -5.87. The molecule has 346 valence electrons. The number of fused-ring (bicyclic) bond motifs is 6. The van der Waals surface area contributed by atoms with Crippen LogP contribution in [0, 0.1) is 31.9 Å². The maximum atomic E-state index is 9.72. The van der Waals surface area contributed by atoms with Crippen molar-refractivity contribution < 1.29 is 43.9 Å². The van der Waals surface area contributed by atoms with E-state index in [2.05, 4.69) is 33.2 Å². The van der Waals surface area contributed by atoms with Gasteiger partial charge in [0.1, 0.15) is 11.3 Å². The molecule has 0 radical (unpaired) electrons. The number of imidazole rings is 1. The molecule has 0 saturated heterocycles. The van der Waals surface area contributed by atoms with Gasteiger partial charge >= 0.3 is 20.1 Å². The molecule has 7 heteroatoms. The Morgan fingerprint density at radius 2 is 1.14 bits per heavy atom. The quantitative estimate of drug-likeness (QED) is 0.0695. The molecule has 5 aromatic heterocycles. The molecule has 12 rings (SSSR count). The van der Waals surface area contributed by atoms with Crippen LogP contribution in [0.3, 0.4) is 0 Å². The third-order valence-corrected chi connectivity index (χ3v) is 12.3. The van der Waals surface area contributed by atoms with Gasteiger partial charge in [-0.15, -0.1) is 89.0 Å². The molecule has 0 bridgehead atoms. The Morgan fingerprint density at radius 3 is 1.74 bits per heavy atom. The summed E-state index contributed by atoms with van der Waals surface area (Å²) in [6, 6.07) is 60.5. The molecule has 7 aromatic carbocycles. The first-order valence-corrected chi connectivity index (χ1v) is 22.9. The Kier molecular flexibility index (Phi) is 9.18. The third-order valence-electron chi connectivity index (χ3n) is 12.3. The summed E-state index contributed by atoms with van der Waals surface area (Å²) in [5.74, 6) is -0.521. The molecule has 0 amide bonds. The Labute approximate surface area is 453 Å². The second kappa shape index (κ2) is 20.2. The van der Waals surface area contributed by atoms with Crippen molar-refractivity contribution in [2.45, 2.75) is 39.2 Å². The van der Waals surface area contributed by atoms with E-state index in [1.54, 1.807) is 114 Å². The summed E-state index contributed by atoms with van der Waals surface area (Å²) >= 11 is 0. The van der Waals surface area contributed by atoms with Crippen LogP contribution in [0.5, 0.6) is 0 Å². The molecule has 0 aliphatic rings. The van der Waals surface area contributed by atoms with Crippen molar-refractivity contribution in [3.63, 3.8) is 0 Å². The van der Waals surface area contributed by atoms with Crippen LogP contribution in [0.25, 0.3) is 89.0 Å². The fraction of sp³-hybridized carbons (Fsp3) is 0.0923. The number of rotatable bonds is 12. The summed E-state index contributed by atoms with van der Waals surface area (Å²) in [5, 5.41) is 0.324. The molecule has 12 aromatic rings. The average molecular weight is 1120 g/mol.